The molecule has 152 valence electrons. The van der Waals surface area contributed by atoms with Gasteiger partial charge in [-0.25, -0.2) is 4.68 Å². The average molecular weight is 392 g/mol. The number of likely N-dealkylation sites (N-methyl/N-ethyl adjacent to an activating group) is 1. The summed E-state index contributed by atoms with van der Waals surface area (Å²) < 4.78 is 2.12. The third-order valence-electron chi connectivity index (χ3n) is 6.60. The number of nitrogens with zero attached hydrogens (tertiary/aromatic N) is 7. The van der Waals surface area contributed by atoms with E-state index in [4.69, 9.17) is 0 Å². The summed E-state index contributed by atoms with van der Waals surface area (Å²) >= 11 is 0. The maximum atomic E-state index is 4.56. The molecule has 1 unspecified atom stereocenters. The maximum Gasteiger partial charge on any atom is 0.173 e. The van der Waals surface area contributed by atoms with Crippen molar-refractivity contribution in [3.8, 4) is 0 Å². The van der Waals surface area contributed by atoms with E-state index in [0.29, 0.717) is 6.04 Å². The maximum absolute atomic E-state index is 4.56. The zero-order valence-electron chi connectivity index (χ0n) is 17.1. The van der Waals surface area contributed by atoms with E-state index in [1.807, 2.05) is 12.3 Å². The van der Waals surface area contributed by atoms with E-state index in [-0.39, 0.29) is 6.04 Å². The minimum Gasteiger partial charge on any atom is -0.301 e. The third kappa shape index (κ3) is 3.65. The molecular weight excluding hydrogens is 362 g/mol. The Labute approximate surface area is 171 Å². The van der Waals surface area contributed by atoms with Crippen LogP contribution in [0.1, 0.15) is 56.1 Å². The fourth-order valence-electron chi connectivity index (χ4n) is 4.91. The fraction of sp³-hybridized carbons (Fsp3) is 0.545. The van der Waals surface area contributed by atoms with Crippen LogP contribution in [0.4, 0.5) is 0 Å². The summed E-state index contributed by atoms with van der Waals surface area (Å²) in [6, 6.07) is 11.3. The Balaban J connectivity index is 1.55. The third-order valence-corrected chi connectivity index (χ3v) is 6.60. The van der Waals surface area contributed by atoms with Gasteiger partial charge in [0.1, 0.15) is 0 Å². The molecule has 0 amide bonds. The van der Waals surface area contributed by atoms with E-state index >= 15 is 0 Å². The van der Waals surface area contributed by atoms with Crippen LogP contribution in [0.25, 0.3) is 10.9 Å². The molecule has 2 fully saturated rings. The molecular formula is C22H29N7. The Morgan fingerprint density at radius 3 is 2.69 bits per heavy atom. The summed E-state index contributed by atoms with van der Waals surface area (Å²) in [6.07, 6.45) is 6.74. The van der Waals surface area contributed by atoms with Crippen LogP contribution < -0.4 is 0 Å². The summed E-state index contributed by atoms with van der Waals surface area (Å²) in [5.74, 6) is 0.991. The highest BCUT2D eigenvalue weighted by atomic mass is 15.6. The van der Waals surface area contributed by atoms with E-state index in [1.54, 1.807) is 0 Å². The zero-order chi connectivity index (χ0) is 19.6. The summed E-state index contributed by atoms with van der Waals surface area (Å²) in [6.45, 7) is 7.59. The Hall–Kier alpha value is -2.38. The molecule has 3 aromatic rings. The topological polar surface area (TPSA) is 63.0 Å². The molecule has 0 spiro atoms. The molecule has 0 bridgehead atoms. The first-order chi connectivity index (χ1) is 14.3. The van der Waals surface area contributed by atoms with Crippen molar-refractivity contribution in [2.75, 3.05) is 32.7 Å². The second kappa shape index (κ2) is 8.16. The van der Waals surface area contributed by atoms with Crippen LogP contribution in [-0.2, 0) is 0 Å². The van der Waals surface area contributed by atoms with Crippen molar-refractivity contribution in [3.05, 3.63) is 47.9 Å². The highest BCUT2D eigenvalue weighted by molar-refractivity contribution is 5.79. The largest absolute Gasteiger partial charge is 0.301 e. The van der Waals surface area contributed by atoms with Crippen LogP contribution in [0.3, 0.4) is 0 Å². The minimum atomic E-state index is 0.0780. The predicted molar refractivity (Wildman–Crippen MR) is 113 cm³/mol. The molecule has 2 aromatic heterocycles. The van der Waals surface area contributed by atoms with Crippen molar-refractivity contribution in [1.82, 2.24) is 35.0 Å². The first-order valence-electron chi connectivity index (χ1n) is 10.9. The number of benzene rings is 1. The van der Waals surface area contributed by atoms with E-state index in [1.165, 1.54) is 36.6 Å². The van der Waals surface area contributed by atoms with E-state index in [0.717, 1.165) is 44.1 Å². The first kappa shape index (κ1) is 18.6. The van der Waals surface area contributed by atoms with Crippen molar-refractivity contribution in [1.29, 1.82) is 0 Å². The smallest absolute Gasteiger partial charge is 0.173 e. The Morgan fingerprint density at radius 2 is 1.90 bits per heavy atom. The van der Waals surface area contributed by atoms with Crippen molar-refractivity contribution < 1.29 is 0 Å². The van der Waals surface area contributed by atoms with Crippen molar-refractivity contribution in [2.24, 2.45) is 0 Å². The summed E-state index contributed by atoms with van der Waals surface area (Å²) in [5, 5.41) is 14.3. The monoisotopic (exact) mass is 391 g/mol. The molecule has 1 aliphatic carbocycles. The Kier molecular flexibility index (Phi) is 5.24. The predicted octanol–water partition coefficient (Wildman–Crippen LogP) is 3.06. The molecule has 1 saturated heterocycles. The SMILES string of the molecule is CCN1CCN(C(c2ccc3ncccc3c2)c2nnnn2C2CCCC2)CC1. The quantitative estimate of drug-likeness (QED) is 0.666. The molecule has 7 nitrogen and oxygen atoms in total. The van der Waals surface area contributed by atoms with Gasteiger partial charge in [0.25, 0.3) is 0 Å². The molecule has 0 radical (unpaired) electrons. The normalized spacial score (nSPS) is 20.4. The van der Waals surface area contributed by atoms with Gasteiger partial charge in [-0.05, 0) is 53.6 Å². The van der Waals surface area contributed by atoms with Gasteiger partial charge in [0.2, 0.25) is 0 Å². The van der Waals surface area contributed by atoms with Gasteiger partial charge >= 0.3 is 0 Å². The molecule has 1 atom stereocenters. The molecule has 5 rings (SSSR count). The number of hydrogen-bond acceptors (Lipinski definition) is 6. The highest BCUT2D eigenvalue weighted by Crippen LogP contribution is 2.35. The zero-order valence-corrected chi connectivity index (χ0v) is 17.1. The highest BCUT2D eigenvalue weighted by Gasteiger charge is 2.32. The second-order valence-electron chi connectivity index (χ2n) is 8.25. The molecule has 2 aliphatic rings. The number of pyridine rings is 1. The van der Waals surface area contributed by atoms with Gasteiger partial charge in [0.05, 0.1) is 17.6 Å². The van der Waals surface area contributed by atoms with Crippen LogP contribution in [-0.4, -0.2) is 67.7 Å². The number of hydrogen-bond donors (Lipinski definition) is 0. The van der Waals surface area contributed by atoms with Gasteiger partial charge in [0, 0.05) is 37.8 Å². The molecule has 1 aromatic carbocycles. The Morgan fingerprint density at radius 1 is 1.07 bits per heavy atom. The lowest BCUT2D eigenvalue weighted by Gasteiger charge is -2.38. The van der Waals surface area contributed by atoms with Crippen LogP contribution in [0.2, 0.25) is 0 Å². The van der Waals surface area contributed by atoms with Gasteiger partial charge in [-0.3, -0.25) is 9.88 Å². The van der Waals surface area contributed by atoms with Gasteiger partial charge in [-0.15, -0.1) is 5.10 Å². The summed E-state index contributed by atoms with van der Waals surface area (Å²) in [4.78, 5) is 9.56. The summed E-state index contributed by atoms with van der Waals surface area (Å²) in [7, 11) is 0. The standard InChI is InChI=1S/C22H29N7/c1-2-27-12-14-28(15-13-27)21(18-9-10-20-17(16-18)6-5-11-23-20)22-24-25-26-29(22)19-7-3-4-8-19/h5-6,9-11,16,19,21H,2-4,7-8,12-15H2,1H3. The van der Waals surface area contributed by atoms with E-state index in [2.05, 4.69) is 66.2 Å². The number of tetrazole rings is 1. The Bertz CT molecular complexity index is 954. The molecule has 29 heavy (non-hydrogen) atoms. The molecule has 7 heteroatoms. The van der Waals surface area contributed by atoms with Crippen LogP contribution in [0.15, 0.2) is 36.5 Å². The first-order valence-corrected chi connectivity index (χ1v) is 10.9. The van der Waals surface area contributed by atoms with E-state index in [9.17, 15) is 0 Å². The second-order valence-corrected chi connectivity index (χ2v) is 8.25. The number of aromatic nitrogens is 5. The van der Waals surface area contributed by atoms with Gasteiger partial charge < -0.3 is 4.90 Å². The lowest BCUT2D eigenvalue weighted by molar-refractivity contribution is 0.107. The number of fused-ring (bicyclic) bond motifs is 1. The molecule has 3 heterocycles. The minimum absolute atomic E-state index is 0.0780. The van der Waals surface area contributed by atoms with Gasteiger partial charge in [-0.2, -0.15) is 0 Å². The number of rotatable bonds is 5. The van der Waals surface area contributed by atoms with Crippen LogP contribution >= 0.6 is 0 Å². The van der Waals surface area contributed by atoms with Gasteiger partial charge in [0.15, 0.2) is 5.82 Å². The van der Waals surface area contributed by atoms with Crippen LogP contribution in [0, 0.1) is 0 Å². The van der Waals surface area contributed by atoms with Crippen molar-refractivity contribution in [2.45, 2.75) is 44.7 Å². The summed E-state index contributed by atoms with van der Waals surface area (Å²) in [5.41, 5.74) is 2.28. The van der Waals surface area contributed by atoms with Crippen LogP contribution in [0.5, 0.6) is 0 Å². The molecule has 0 N–H and O–H groups in total. The lowest BCUT2D eigenvalue weighted by Crippen LogP contribution is -2.48. The fourth-order valence-corrected chi connectivity index (χ4v) is 4.91. The lowest BCUT2D eigenvalue weighted by atomic mass is 10.0. The molecule has 1 aliphatic heterocycles. The molecule has 1 saturated carbocycles. The van der Waals surface area contributed by atoms with E-state index < -0.39 is 0 Å². The average Bonchev–Trinajstić information content (AvgIpc) is 3.46. The number of piperazine rings is 1. The van der Waals surface area contributed by atoms with Crippen molar-refractivity contribution >= 4 is 10.9 Å². The van der Waals surface area contributed by atoms with Crippen molar-refractivity contribution in [3.63, 3.8) is 0 Å². The van der Waals surface area contributed by atoms with Gasteiger partial charge in [-0.1, -0.05) is 31.9 Å².